The van der Waals surface area contributed by atoms with Crippen molar-refractivity contribution in [2.24, 2.45) is 0 Å². The molecule has 0 fully saturated rings. The normalized spacial score (nSPS) is 10.1. The van der Waals surface area contributed by atoms with Gasteiger partial charge in [-0.15, -0.1) is 0 Å². The zero-order valence-electron chi connectivity index (χ0n) is 14.8. The van der Waals surface area contributed by atoms with E-state index >= 15 is 0 Å². The maximum atomic E-state index is 11.9. The monoisotopic (exact) mass is 356 g/mol. The Bertz CT molecular complexity index is 861. The second-order valence-corrected chi connectivity index (χ2v) is 5.83. The molecule has 0 saturated carbocycles. The van der Waals surface area contributed by atoms with Crippen LogP contribution in [-0.4, -0.2) is 29.6 Å². The van der Waals surface area contributed by atoms with Gasteiger partial charge in [-0.25, -0.2) is 9.59 Å². The first-order chi connectivity index (χ1) is 12.3. The van der Waals surface area contributed by atoms with E-state index in [1.807, 2.05) is 19.9 Å². The molecule has 0 spiro atoms. The maximum absolute atomic E-state index is 11.9. The minimum atomic E-state index is -0.773. The number of urea groups is 1. The summed E-state index contributed by atoms with van der Waals surface area (Å²) in [6.07, 6.45) is 0. The molecule has 0 atom stereocenters. The van der Waals surface area contributed by atoms with E-state index in [2.05, 4.69) is 10.6 Å². The molecule has 0 heterocycles. The molecule has 26 heavy (non-hydrogen) atoms. The zero-order valence-corrected chi connectivity index (χ0v) is 14.8. The number of aromatic hydroxyl groups is 1. The number of carbonyl (C=O) groups is 3. The molecule has 2 aromatic rings. The summed E-state index contributed by atoms with van der Waals surface area (Å²) in [6.45, 7) is 4.83. The van der Waals surface area contributed by atoms with Gasteiger partial charge in [0.05, 0.1) is 5.56 Å². The van der Waals surface area contributed by atoms with Crippen molar-refractivity contribution in [2.75, 3.05) is 11.9 Å². The van der Waals surface area contributed by atoms with Crippen LogP contribution in [0.15, 0.2) is 36.4 Å². The highest BCUT2D eigenvalue weighted by Gasteiger charge is 2.14. The zero-order chi connectivity index (χ0) is 19.3. The van der Waals surface area contributed by atoms with Crippen LogP contribution in [0.1, 0.15) is 27.0 Å². The number of rotatable bonds is 4. The topological polar surface area (TPSA) is 105 Å². The molecule has 0 aliphatic carbocycles. The minimum absolute atomic E-state index is 0.0446. The van der Waals surface area contributed by atoms with Crippen LogP contribution in [0.25, 0.3) is 0 Å². The Balaban J connectivity index is 1.86. The van der Waals surface area contributed by atoms with Crippen molar-refractivity contribution < 1.29 is 24.2 Å². The van der Waals surface area contributed by atoms with Gasteiger partial charge in [-0.1, -0.05) is 18.2 Å². The molecule has 0 saturated heterocycles. The number of esters is 1. The highest BCUT2D eigenvalue weighted by Crippen LogP contribution is 2.18. The van der Waals surface area contributed by atoms with E-state index < -0.39 is 24.5 Å². The third-order valence-electron chi connectivity index (χ3n) is 3.88. The lowest BCUT2D eigenvalue weighted by molar-refractivity contribution is -0.123. The van der Waals surface area contributed by atoms with Gasteiger partial charge in [0, 0.05) is 5.69 Å². The van der Waals surface area contributed by atoms with Crippen LogP contribution in [0.2, 0.25) is 0 Å². The maximum Gasteiger partial charge on any atom is 0.338 e. The molecule has 0 radical (unpaired) electrons. The number of amides is 3. The molecule has 0 aliphatic heterocycles. The standard InChI is InChI=1S/C19H20N2O5/c1-11-5-4-6-15(13(11)3)20-19(25)21-17(23)10-26-18(24)14-8-7-12(2)16(22)9-14/h4-9,22H,10H2,1-3H3,(H2,20,21,23,25). The molecule has 0 aliphatic rings. The Morgan fingerprint density at radius 3 is 2.46 bits per heavy atom. The number of carbonyl (C=O) groups excluding carboxylic acids is 3. The number of phenols is 1. The fourth-order valence-corrected chi connectivity index (χ4v) is 2.15. The third kappa shape index (κ3) is 4.83. The van der Waals surface area contributed by atoms with Gasteiger partial charge >= 0.3 is 12.0 Å². The van der Waals surface area contributed by atoms with E-state index in [4.69, 9.17) is 4.74 Å². The smallest absolute Gasteiger partial charge is 0.338 e. The average molecular weight is 356 g/mol. The van der Waals surface area contributed by atoms with Crippen molar-refractivity contribution in [3.05, 3.63) is 58.7 Å². The van der Waals surface area contributed by atoms with Crippen molar-refractivity contribution >= 4 is 23.6 Å². The van der Waals surface area contributed by atoms with Gasteiger partial charge in [-0.05, 0) is 55.7 Å². The van der Waals surface area contributed by atoms with Gasteiger partial charge in [0.25, 0.3) is 5.91 Å². The number of imide groups is 1. The summed E-state index contributed by atoms with van der Waals surface area (Å²) < 4.78 is 4.84. The van der Waals surface area contributed by atoms with Gasteiger partial charge in [-0.2, -0.15) is 0 Å². The van der Waals surface area contributed by atoms with E-state index in [-0.39, 0.29) is 11.3 Å². The molecule has 0 unspecified atom stereocenters. The number of hydrogen-bond acceptors (Lipinski definition) is 5. The minimum Gasteiger partial charge on any atom is -0.508 e. The number of ether oxygens (including phenoxy) is 1. The Labute approximate surface area is 151 Å². The van der Waals surface area contributed by atoms with E-state index in [0.29, 0.717) is 11.3 Å². The number of hydrogen-bond donors (Lipinski definition) is 3. The Morgan fingerprint density at radius 1 is 1.04 bits per heavy atom. The Hall–Kier alpha value is -3.35. The van der Waals surface area contributed by atoms with Gasteiger partial charge < -0.3 is 15.2 Å². The van der Waals surface area contributed by atoms with Gasteiger partial charge in [-0.3, -0.25) is 10.1 Å². The fraction of sp³-hybridized carbons (Fsp3) is 0.211. The Kier molecular flexibility index (Phi) is 5.95. The highest BCUT2D eigenvalue weighted by atomic mass is 16.5. The van der Waals surface area contributed by atoms with E-state index in [0.717, 1.165) is 11.1 Å². The second kappa shape index (κ2) is 8.15. The van der Waals surface area contributed by atoms with E-state index in [1.165, 1.54) is 12.1 Å². The molecule has 0 bridgehead atoms. The molecule has 7 heteroatoms. The van der Waals surface area contributed by atoms with Crippen molar-refractivity contribution in [1.82, 2.24) is 5.32 Å². The first kappa shape index (κ1) is 19.0. The van der Waals surface area contributed by atoms with Gasteiger partial charge in [0.2, 0.25) is 0 Å². The number of anilines is 1. The predicted molar refractivity (Wildman–Crippen MR) is 96.2 cm³/mol. The lowest BCUT2D eigenvalue weighted by atomic mass is 10.1. The van der Waals surface area contributed by atoms with Crippen LogP contribution in [-0.2, 0) is 9.53 Å². The molecule has 136 valence electrons. The van der Waals surface area contributed by atoms with Crippen LogP contribution < -0.4 is 10.6 Å². The SMILES string of the molecule is Cc1ccc(C(=O)OCC(=O)NC(=O)Nc2cccc(C)c2C)cc1O. The molecule has 3 amide bonds. The van der Waals surface area contributed by atoms with Crippen molar-refractivity contribution in [1.29, 1.82) is 0 Å². The van der Waals surface area contributed by atoms with Gasteiger partial charge in [0.1, 0.15) is 5.75 Å². The Morgan fingerprint density at radius 2 is 1.77 bits per heavy atom. The van der Waals surface area contributed by atoms with Crippen LogP contribution in [0.5, 0.6) is 5.75 Å². The molecule has 7 nitrogen and oxygen atoms in total. The number of nitrogens with one attached hydrogen (secondary N) is 2. The van der Waals surface area contributed by atoms with Crippen molar-refractivity contribution in [2.45, 2.75) is 20.8 Å². The quantitative estimate of drug-likeness (QED) is 0.731. The average Bonchev–Trinajstić information content (AvgIpc) is 2.59. The second-order valence-electron chi connectivity index (χ2n) is 5.83. The van der Waals surface area contributed by atoms with Crippen LogP contribution in [0.4, 0.5) is 10.5 Å². The fourth-order valence-electron chi connectivity index (χ4n) is 2.15. The van der Waals surface area contributed by atoms with E-state index in [9.17, 15) is 19.5 Å². The summed E-state index contributed by atoms with van der Waals surface area (Å²) >= 11 is 0. The summed E-state index contributed by atoms with van der Waals surface area (Å²) in [7, 11) is 0. The summed E-state index contributed by atoms with van der Waals surface area (Å²) in [5.74, 6) is -1.58. The summed E-state index contributed by atoms with van der Waals surface area (Å²) in [4.78, 5) is 35.5. The molecular weight excluding hydrogens is 336 g/mol. The summed E-state index contributed by atoms with van der Waals surface area (Å²) in [6, 6.07) is 8.99. The van der Waals surface area contributed by atoms with Crippen molar-refractivity contribution in [3.8, 4) is 5.75 Å². The number of aryl methyl sites for hydroxylation is 2. The lowest BCUT2D eigenvalue weighted by Crippen LogP contribution is -2.37. The van der Waals surface area contributed by atoms with Gasteiger partial charge in [0.15, 0.2) is 6.61 Å². The number of phenolic OH excluding ortho intramolecular Hbond substituents is 1. The summed E-state index contributed by atoms with van der Waals surface area (Å²) in [5, 5.41) is 14.2. The first-order valence-electron chi connectivity index (χ1n) is 7.91. The summed E-state index contributed by atoms with van der Waals surface area (Å²) in [5.41, 5.74) is 3.20. The lowest BCUT2D eigenvalue weighted by Gasteiger charge is -2.11. The van der Waals surface area contributed by atoms with E-state index in [1.54, 1.807) is 25.1 Å². The highest BCUT2D eigenvalue weighted by molar-refractivity contribution is 6.02. The third-order valence-corrected chi connectivity index (χ3v) is 3.88. The number of benzene rings is 2. The van der Waals surface area contributed by atoms with Crippen LogP contribution in [0, 0.1) is 20.8 Å². The van der Waals surface area contributed by atoms with Crippen LogP contribution in [0.3, 0.4) is 0 Å². The molecular formula is C19H20N2O5. The molecule has 3 N–H and O–H groups in total. The largest absolute Gasteiger partial charge is 0.508 e. The predicted octanol–water partition coefficient (Wildman–Crippen LogP) is 2.82. The van der Waals surface area contributed by atoms with Crippen LogP contribution >= 0.6 is 0 Å². The molecule has 2 aromatic carbocycles. The first-order valence-corrected chi connectivity index (χ1v) is 7.91. The molecule has 2 rings (SSSR count). The molecule has 0 aromatic heterocycles. The van der Waals surface area contributed by atoms with Crippen molar-refractivity contribution in [3.63, 3.8) is 0 Å².